The summed E-state index contributed by atoms with van der Waals surface area (Å²) in [6, 6.07) is 5.47. The van der Waals surface area contributed by atoms with E-state index in [2.05, 4.69) is 17.2 Å². The standard InChI is InChI=1S/C14H18N4O/c1-2-6-18-10-12(15)7-13(18)14(19)17-9-11-4-3-5-16-8-11/h3-5,7-8,10H,2,6,9,15H2,1H3,(H,17,19). The van der Waals surface area contributed by atoms with E-state index in [1.165, 1.54) is 0 Å². The van der Waals surface area contributed by atoms with Crippen LogP contribution in [0.5, 0.6) is 0 Å². The molecule has 0 aliphatic rings. The average molecular weight is 258 g/mol. The molecule has 2 rings (SSSR count). The molecule has 1 amide bonds. The van der Waals surface area contributed by atoms with Gasteiger partial charge in [-0.3, -0.25) is 9.78 Å². The van der Waals surface area contributed by atoms with Gasteiger partial charge in [0, 0.05) is 31.7 Å². The highest BCUT2D eigenvalue weighted by atomic mass is 16.1. The normalized spacial score (nSPS) is 10.4. The SMILES string of the molecule is CCCn1cc(N)cc1C(=O)NCc1cccnc1. The number of hydrogen-bond donors (Lipinski definition) is 2. The molecule has 0 bridgehead atoms. The topological polar surface area (TPSA) is 72.9 Å². The molecular weight excluding hydrogens is 240 g/mol. The predicted octanol–water partition coefficient (Wildman–Crippen LogP) is 1.81. The van der Waals surface area contributed by atoms with E-state index in [1.807, 2.05) is 16.7 Å². The third-order valence-corrected chi connectivity index (χ3v) is 2.79. The van der Waals surface area contributed by atoms with Crippen molar-refractivity contribution in [3.05, 3.63) is 48.0 Å². The van der Waals surface area contributed by atoms with Gasteiger partial charge in [0.2, 0.25) is 0 Å². The molecule has 0 spiro atoms. The summed E-state index contributed by atoms with van der Waals surface area (Å²) in [5.74, 6) is -0.117. The fraction of sp³-hybridized carbons (Fsp3) is 0.286. The van der Waals surface area contributed by atoms with Crippen LogP contribution in [-0.2, 0) is 13.1 Å². The number of nitrogens with two attached hydrogens (primary N) is 1. The Kier molecular flexibility index (Phi) is 4.18. The zero-order valence-corrected chi connectivity index (χ0v) is 11.0. The summed E-state index contributed by atoms with van der Waals surface area (Å²) in [5.41, 5.74) is 7.93. The van der Waals surface area contributed by atoms with Crippen molar-refractivity contribution in [3.8, 4) is 0 Å². The van der Waals surface area contributed by atoms with Gasteiger partial charge < -0.3 is 15.6 Å². The van der Waals surface area contributed by atoms with Crippen LogP contribution in [0.2, 0.25) is 0 Å². The van der Waals surface area contributed by atoms with E-state index < -0.39 is 0 Å². The number of nitrogen functional groups attached to an aromatic ring is 1. The molecule has 19 heavy (non-hydrogen) atoms. The first-order valence-electron chi connectivity index (χ1n) is 6.33. The summed E-state index contributed by atoms with van der Waals surface area (Å²) < 4.78 is 1.88. The van der Waals surface area contributed by atoms with Gasteiger partial charge >= 0.3 is 0 Å². The van der Waals surface area contributed by atoms with Crippen molar-refractivity contribution in [2.45, 2.75) is 26.4 Å². The number of nitrogens with zero attached hydrogens (tertiary/aromatic N) is 2. The maximum atomic E-state index is 12.1. The Labute approximate surface area is 112 Å². The molecular formula is C14H18N4O. The van der Waals surface area contributed by atoms with E-state index in [1.54, 1.807) is 24.7 Å². The van der Waals surface area contributed by atoms with Crippen LogP contribution in [0.1, 0.15) is 29.4 Å². The van der Waals surface area contributed by atoms with E-state index >= 15 is 0 Å². The first-order valence-corrected chi connectivity index (χ1v) is 6.33. The molecule has 0 fully saturated rings. The molecule has 2 heterocycles. The second-order valence-electron chi connectivity index (χ2n) is 4.40. The third kappa shape index (κ3) is 3.34. The Bertz CT molecular complexity index is 548. The van der Waals surface area contributed by atoms with Crippen molar-refractivity contribution < 1.29 is 4.79 Å². The first kappa shape index (κ1) is 13.1. The number of hydrogen-bond acceptors (Lipinski definition) is 3. The highest BCUT2D eigenvalue weighted by Crippen LogP contribution is 2.11. The fourth-order valence-corrected chi connectivity index (χ4v) is 1.93. The molecule has 0 atom stereocenters. The average Bonchev–Trinajstić information content (AvgIpc) is 2.79. The van der Waals surface area contributed by atoms with Crippen molar-refractivity contribution in [1.82, 2.24) is 14.9 Å². The van der Waals surface area contributed by atoms with E-state index in [0.29, 0.717) is 17.9 Å². The molecule has 5 heteroatoms. The summed E-state index contributed by atoms with van der Waals surface area (Å²) in [7, 11) is 0. The molecule has 0 saturated heterocycles. The van der Waals surface area contributed by atoms with Crippen LogP contribution < -0.4 is 11.1 Å². The molecule has 5 nitrogen and oxygen atoms in total. The summed E-state index contributed by atoms with van der Waals surface area (Å²) in [4.78, 5) is 16.1. The van der Waals surface area contributed by atoms with Gasteiger partial charge in [-0.15, -0.1) is 0 Å². The van der Waals surface area contributed by atoms with Gasteiger partial charge in [0.05, 0.1) is 5.69 Å². The van der Waals surface area contributed by atoms with Crippen molar-refractivity contribution >= 4 is 11.6 Å². The number of pyridine rings is 1. The lowest BCUT2D eigenvalue weighted by Crippen LogP contribution is -2.25. The summed E-state index contributed by atoms with van der Waals surface area (Å²) in [5, 5.41) is 2.87. The van der Waals surface area contributed by atoms with Crippen molar-refractivity contribution in [2.75, 3.05) is 5.73 Å². The molecule has 2 aromatic heterocycles. The van der Waals surface area contributed by atoms with E-state index in [-0.39, 0.29) is 5.91 Å². The molecule has 0 saturated carbocycles. The number of rotatable bonds is 5. The second kappa shape index (κ2) is 6.04. The van der Waals surface area contributed by atoms with Crippen molar-refractivity contribution in [1.29, 1.82) is 0 Å². The molecule has 0 aromatic carbocycles. The lowest BCUT2D eigenvalue weighted by molar-refractivity contribution is 0.0941. The number of aryl methyl sites for hydroxylation is 1. The minimum Gasteiger partial charge on any atom is -0.397 e. The number of carbonyl (C=O) groups is 1. The first-order chi connectivity index (χ1) is 9.20. The molecule has 2 aromatic rings. The summed E-state index contributed by atoms with van der Waals surface area (Å²) in [6.07, 6.45) is 6.19. The molecule has 0 radical (unpaired) electrons. The Morgan fingerprint density at radius 1 is 1.53 bits per heavy atom. The van der Waals surface area contributed by atoms with Crippen LogP contribution in [0.15, 0.2) is 36.8 Å². The van der Waals surface area contributed by atoms with Crippen LogP contribution in [0.25, 0.3) is 0 Å². The van der Waals surface area contributed by atoms with Gasteiger partial charge in [0.25, 0.3) is 5.91 Å². The van der Waals surface area contributed by atoms with Gasteiger partial charge in [-0.2, -0.15) is 0 Å². The van der Waals surface area contributed by atoms with Crippen molar-refractivity contribution in [3.63, 3.8) is 0 Å². The van der Waals surface area contributed by atoms with Crippen molar-refractivity contribution in [2.24, 2.45) is 0 Å². The lowest BCUT2D eigenvalue weighted by Gasteiger charge is -2.08. The molecule has 0 unspecified atom stereocenters. The minimum atomic E-state index is -0.117. The fourth-order valence-electron chi connectivity index (χ4n) is 1.93. The monoisotopic (exact) mass is 258 g/mol. The zero-order chi connectivity index (χ0) is 13.7. The second-order valence-corrected chi connectivity index (χ2v) is 4.40. The maximum absolute atomic E-state index is 12.1. The summed E-state index contributed by atoms with van der Waals surface area (Å²) in [6.45, 7) is 3.31. The van der Waals surface area contributed by atoms with Gasteiger partial charge in [0.15, 0.2) is 0 Å². The molecule has 100 valence electrons. The van der Waals surface area contributed by atoms with E-state index in [0.717, 1.165) is 18.5 Å². The van der Waals surface area contributed by atoms with Crippen LogP contribution in [0.3, 0.4) is 0 Å². The van der Waals surface area contributed by atoms with Gasteiger partial charge in [-0.05, 0) is 24.1 Å². The number of nitrogens with one attached hydrogen (secondary N) is 1. The Hall–Kier alpha value is -2.30. The summed E-state index contributed by atoms with van der Waals surface area (Å²) >= 11 is 0. The smallest absolute Gasteiger partial charge is 0.268 e. The number of amides is 1. The molecule has 0 aliphatic heterocycles. The van der Waals surface area contributed by atoms with Crippen LogP contribution in [-0.4, -0.2) is 15.5 Å². The van der Waals surface area contributed by atoms with Crippen LogP contribution >= 0.6 is 0 Å². The van der Waals surface area contributed by atoms with Gasteiger partial charge in [0.1, 0.15) is 5.69 Å². The Morgan fingerprint density at radius 2 is 2.37 bits per heavy atom. The number of aromatic nitrogens is 2. The lowest BCUT2D eigenvalue weighted by atomic mass is 10.3. The highest BCUT2D eigenvalue weighted by molar-refractivity contribution is 5.93. The largest absolute Gasteiger partial charge is 0.397 e. The van der Waals surface area contributed by atoms with E-state index in [4.69, 9.17) is 5.73 Å². The number of anilines is 1. The number of carbonyl (C=O) groups excluding carboxylic acids is 1. The quantitative estimate of drug-likeness (QED) is 0.859. The minimum absolute atomic E-state index is 0.117. The highest BCUT2D eigenvalue weighted by Gasteiger charge is 2.12. The Balaban J connectivity index is 2.03. The van der Waals surface area contributed by atoms with Crippen LogP contribution in [0.4, 0.5) is 5.69 Å². The Morgan fingerprint density at radius 3 is 3.05 bits per heavy atom. The molecule has 0 aliphatic carbocycles. The van der Waals surface area contributed by atoms with Crippen LogP contribution in [0, 0.1) is 0 Å². The van der Waals surface area contributed by atoms with E-state index in [9.17, 15) is 4.79 Å². The maximum Gasteiger partial charge on any atom is 0.268 e. The predicted molar refractivity (Wildman–Crippen MR) is 74.5 cm³/mol. The third-order valence-electron chi connectivity index (χ3n) is 2.79. The van der Waals surface area contributed by atoms with Gasteiger partial charge in [-0.25, -0.2) is 0 Å². The molecule has 3 N–H and O–H groups in total. The zero-order valence-electron chi connectivity index (χ0n) is 11.0. The van der Waals surface area contributed by atoms with Gasteiger partial charge in [-0.1, -0.05) is 13.0 Å².